The van der Waals surface area contributed by atoms with E-state index in [2.05, 4.69) is 10.6 Å². The number of terminal acetylenes is 1. The molecule has 0 aliphatic carbocycles. The van der Waals surface area contributed by atoms with Crippen LogP contribution < -0.4 is 4.72 Å². The predicted octanol–water partition coefficient (Wildman–Crippen LogP) is 1.69. The minimum Gasteiger partial charge on any atom is -0.207 e. The summed E-state index contributed by atoms with van der Waals surface area (Å²) >= 11 is 0. The van der Waals surface area contributed by atoms with Crippen LogP contribution in [0.5, 0.6) is 0 Å². The Morgan fingerprint density at radius 1 is 1.20 bits per heavy atom. The number of sulfonamides is 1. The molecule has 1 aromatic rings. The van der Waals surface area contributed by atoms with Crippen LogP contribution in [-0.2, 0) is 19.1 Å². The van der Waals surface area contributed by atoms with E-state index in [4.69, 9.17) is 17.1 Å². The molecule has 0 aromatic heterocycles. The Labute approximate surface area is 123 Å². The summed E-state index contributed by atoms with van der Waals surface area (Å²) in [6.45, 7) is 1.81. The molecule has 0 saturated heterocycles. The molecule has 0 amide bonds. The van der Waals surface area contributed by atoms with Crippen molar-refractivity contribution in [2.24, 2.45) is 0 Å². The number of halogens is 1. The highest BCUT2D eigenvalue weighted by atomic mass is 35.7. The molecular weight excluding hydrogens is 322 g/mol. The molecule has 0 radical (unpaired) electrons. The molecule has 0 aliphatic heterocycles. The Morgan fingerprint density at radius 3 is 2.10 bits per heavy atom. The average molecular weight is 336 g/mol. The van der Waals surface area contributed by atoms with E-state index in [0.29, 0.717) is 6.42 Å². The lowest BCUT2D eigenvalue weighted by Gasteiger charge is -2.14. The van der Waals surface area contributed by atoms with Gasteiger partial charge < -0.3 is 0 Å². The molecule has 0 saturated carbocycles. The molecule has 1 unspecified atom stereocenters. The monoisotopic (exact) mass is 335 g/mol. The molecule has 110 valence electrons. The molecule has 0 spiro atoms. The molecule has 1 N–H and O–H groups in total. The van der Waals surface area contributed by atoms with Crippen LogP contribution in [0.1, 0.15) is 19.8 Å². The van der Waals surface area contributed by atoms with Gasteiger partial charge in [0.15, 0.2) is 0 Å². The number of nitrogens with one attached hydrogen (secondary N) is 1. The fraction of sp³-hybridized carbons (Fsp3) is 0.333. The van der Waals surface area contributed by atoms with Gasteiger partial charge in [-0.1, -0.05) is 6.92 Å². The summed E-state index contributed by atoms with van der Waals surface area (Å²) < 4.78 is 48.8. The zero-order valence-electron chi connectivity index (χ0n) is 10.7. The topological polar surface area (TPSA) is 80.3 Å². The molecule has 5 nitrogen and oxygen atoms in total. The molecule has 0 fully saturated rings. The first-order valence-corrected chi connectivity index (χ1v) is 9.50. The van der Waals surface area contributed by atoms with Crippen LogP contribution in [0.3, 0.4) is 0 Å². The Balaban J connectivity index is 3.02. The van der Waals surface area contributed by atoms with Crippen molar-refractivity contribution in [3.8, 4) is 12.3 Å². The summed E-state index contributed by atoms with van der Waals surface area (Å²) in [4.78, 5) is -0.203. The van der Waals surface area contributed by atoms with E-state index >= 15 is 0 Å². The lowest BCUT2D eigenvalue weighted by atomic mass is 10.2. The standard InChI is InChI=1S/C12H14ClNO4S2/c1-3-5-10(4-2)14-20(17,18)12-8-6-11(7-9-12)19(13,15)16/h1,6-10,14H,4-5H2,2H3. The maximum Gasteiger partial charge on any atom is 0.261 e. The van der Waals surface area contributed by atoms with Crippen molar-refractivity contribution >= 4 is 29.8 Å². The molecule has 1 aromatic carbocycles. The fourth-order valence-electron chi connectivity index (χ4n) is 1.48. The highest BCUT2D eigenvalue weighted by Crippen LogP contribution is 2.18. The molecule has 1 rings (SSSR count). The summed E-state index contributed by atoms with van der Waals surface area (Å²) in [6, 6.07) is 4.28. The Kier molecular flexibility index (Phi) is 5.59. The van der Waals surface area contributed by atoms with Crippen LogP contribution in [0.15, 0.2) is 34.1 Å². The van der Waals surface area contributed by atoms with Gasteiger partial charge in [0.2, 0.25) is 10.0 Å². The maximum absolute atomic E-state index is 12.1. The van der Waals surface area contributed by atoms with Gasteiger partial charge in [-0.25, -0.2) is 21.6 Å². The third-order valence-electron chi connectivity index (χ3n) is 2.59. The van der Waals surface area contributed by atoms with Crippen LogP contribution in [-0.4, -0.2) is 22.9 Å². The van der Waals surface area contributed by atoms with Crippen LogP contribution in [0.25, 0.3) is 0 Å². The summed E-state index contributed by atoms with van der Waals surface area (Å²) in [7, 11) is -2.45. The van der Waals surface area contributed by atoms with E-state index in [1.807, 2.05) is 6.92 Å². The number of benzene rings is 1. The average Bonchev–Trinajstić information content (AvgIpc) is 2.37. The quantitative estimate of drug-likeness (QED) is 0.633. The Hall–Kier alpha value is -1.07. The van der Waals surface area contributed by atoms with Gasteiger partial charge in [-0.3, -0.25) is 0 Å². The fourth-order valence-corrected chi connectivity index (χ4v) is 3.57. The van der Waals surface area contributed by atoms with Crippen molar-refractivity contribution in [2.45, 2.75) is 35.6 Å². The zero-order chi connectivity index (χ0) is 15.4. The molecule has 0 aliphatic rings. The second-order valence-corrected chi connectivity index (χ2v) is 8.32. The Morgan fingerprint density at radius 2 is 1.70 bits per heavy atom. The SMILES string of the molecule is C#CCC(CC)NS(=O)(=O)c1ccc(S(=O)(=O)Cl)cc1. The van der Waals surface area contributed by atoms with Gasteiger partial charge in [-0.15, -0.1) is 12.3 Å². The zero-order valence-corrected chi connectivity index (χ0v) is 13.1. The molecule has 0 bridgehead atoms. The highest BCUT2D eigenvalue weighted by molar-refractivity contribution is 8.13. The molecular formula is C12H14ClNO4S2. The number of rotatable bonds is 6. The van der Waals surface area contributed by atoms with Gasteiger partial charge in [0.25, 0.3) is 9.05 Å². The molecule has 0 heterocycles. The first kappa shape index (κ1) is 17.0. The summed E-state index contributed by atoms with van der Waals surface area (Å²) in [5, 5.41) is 0. The van der Waals surface area contributed by atoms with Crippen molar-refractivity contribution in [2.75, 3.05) is 0 Å². The number of hydrogen-bond donors (Lipinski definition) is 1. The van der Waals surface area contributed by atoms with Gasteiger partial charge in [-0.2, -0.15) is 0 Å². The third kappa shape index (κ3) is 4.49. The lowest BCUT2D eigenvalue weighted by molar-refractivity contribution is 0.544. The van der Waals surface area contributed by atoms with Crippen molar-refractivity contribution in [1.29, 1.82) is 0 Å². The van der Waals surface area contributed by atoms with Gasteiger partial charge in [0.05, 0.1) is 9.79 Å². The molecule has 1 atom stereocenters. The maximum atomic E-state index is 12.1. The van der Waals surface area contributed by atoms with Crippen molar-refractivity contribution < 1.29 is 16.8 Å². The normalized spacial score (nSPS) is 13.7. The van der Waals surface area contributed by atoms with Crippen molar-refractivity contribution in [3.05, 3.63) is 24.3 Å². The lowest BCUT2D eigenvalue weighted by Crippen LogP contribution is -2.34. The van der Waals surface area contributed by atoms with E-state index in [1.165, 1.54) is 12.1 Å². The summed E-state index contributed by atoms with van der Waals surface area (Å²) in [5.41, 5.74) is 0. The smallest absolute Gasteiger partial charge is 0.207 e. The van der Waals surface area contributed by atoms with Crippen LogP contribution in [0.2, 0.25) is 0 Å². The second kappa shape index (κ2) is 6.59. The molecule has 8 heteroatoms. The predicted molar refractivity (Wildman–Crippen MR) is 77.3 cm³/mol. The number of hydrogen-bond acceptors (Lipinski definition) is 4. The second-order valence-electron chi connectivity index (χ2n) is 4.04. The van der Waals surface area contributed by atoms with Crippen LogP contribution >= 0.6 is 10.7 Å². The van der Waals surface area contributed by atoms with Crippen LogP contribution in [0.4, 0.5) is 0 Å². The van der Waals surface area contributed by atoms with E-state index < -0.39 is 19.1 Å². The Bertz CT molecular complexity index is 703. The first-order chi connectivity index (χ1) is 9.20. The van der Waals surface area contributed by atoms with E-state index in [9.17, 15) is 16.8 Å². The highest BCUT2D eigenvalue weighted by Gasteiger charge is 2.19. The minimum atomic E-state index is -3.87. The molecule has 20 heavy (non-hydrogen) atoms. The summed E-state index contributed by atoms with van der Waals surface area (Å²) in [6.07, 6.45) is 6.00. The van der Waals surface area contributed by atoms with Crippen molar-refractivity contribution in [1.82, 2.24) is 4.72 Å². The summed E-state index contributed by atoms with van der Waals surface area (Å²) in [5.74, 6) is 2.40. The minimum absolute atomic E-state index is 0.0444. The van der Waals surface area contributed by atoms with E-state index in [-0.39, 0.29) is 22.3 Å². The van der Waals surface area contributed by atoms with Gasteiger partial charge in [-0.05, 0) is 30.7 Å². The van der Waals surface area contributed by atoms with Gasteiger partial charge >= 0.3 is 0 Å². The van der Waals surface area contributed by atoms with E-state index in [1.54, 1.807) is 0 Å². The van der Waals surface area contributed by atoms with Gasteiger partial charge in [0.1, 0.15) is 0 Å². The van der Waals surface area contributed by atoms with Gasteiger partial charge in [0, 0.05) is 23.1 Å². The third-order valence-corrected chi connectivity index (χ3v) is 5.50. The van der Waals surface area contributed by atoms with Crippen LogP contribution in [0, 0.1) is 12.3 Å². The van der Waals surface area contributed by atoms with Crippen molar-refractivity contribution in [3.63, 3.8) is 0 Å². The largest absolute Gasteiger partial charge is 0.261 e. The first-order valence-electron chi connectivity index (χ1n) is 5.71. The van der Waals surface area contributed by atoms with E-state index in [0.717, 1.165) is 12.1 Å².